The van der Waals surface area contributed by atoms with Crippen LogP contribution in [0.25, 0.3) is 5.69 Å². The van der Waals surface area contributed by atoms with Gasteiger partial charge in [0.1, 0.15) is 5.75 Å². The van der Waals surface area contributed by atoms with Crippen molar-refractivity contribution >= 4 is 34.6 Å². The highest BCUT2D eigenvalue weighted by Gasteiger charge is 2.42. The van der Waals surface area contributed by atoms with Gasteiger partial charge in [-0.25, -0.2) is 0 Å². The number of thiocarbonyl (C=S) groups is 1. The van der Waals surface area contributed by atoms with Crippen molar-refractivity contribution in [3.05, 3.63) is 107 Å². The van der Waals surface area contributed by atoms with Gasteiger partial charge in [-0.3, -0.25) is 4.98 Å². The first-order valence-corrected chi connectivity index (χ1v) is 11.5. The highest BCUT2D eigenvalue weighted by molar-refractivity contribution is 7.80. The molecular formula is C26H23ClN4OS. The summed E-state index contributed by atoms with van der Waals surface area (Å²) in [6, 6.07) is 22.9. The normalized spacial score (nSPS) is 17.9. The molecular weight excluding hydrogens is 452 g/mol. The van der Waals surface area contributed by atoms with Crippen LogP contribution in [0.15, 0.2) is 79.0 Å². The number of aryl methyl sites for hydroxylation is 1. The van der Waals surface area contributed by atoms with Crippen molar-refractivity contribution in [1.82, 2.24) is 14.9 Å². The summed E-state index contributed by atoms with van der Waals surface area (Å²) < 4.78 is 2.08. The number of pyridine rings is 1. The second-order valence-electron chi connectivity index (χ2n) is 8.12. The number of anilines is 1. The summed E-state index contributed by atoms with van der Waals surface area (Å²) in [5.41, 5.74) is 5.78. The van der Waals surface area contributed by atoms with E-state index in [0.717, 1.165) is 34.0 Å². The molecule has 0 amide bonds. The molecule has 0 bridgehead atoms. The maximum absolute atomic E-state index is 10.5. The molecule has 7 heteroatoms. The van der Waals surface area contributed by atoms with E-state index in [1.807, 2.05) is 67.6 Å². The van der Waals surface area contributed by atoms with Crippen LogP contribution in [0.2, 0.25) is 5.02 Å². The summed E-state index contributed by atoms with van der Waals surface area (Å²) in [5, 5.41) is 15.3. The van der Waals surface area contributed by atoms with Crippen molar-refractivity contribution in [2.75, 3.05) is 4.90 Å². The van der Waals surface area contributed by atoms with Crippen molar-refractivity contribution in [3.63, 3.8) is 0 Å². The van der Waals surface area contributed by atoms with Crippen LogP contribution in [0.5, 0.6) is 5.75 Å². The van der Waals surface area contributed by atoms with E-state index >= 15 is 0 Å². The third-order valence-electron chi connectivity index (χ3n) is 6.11. The van der Waals surface area contributed by atoms with Gasteiger partial charge in [0.25, 0.3) is 0 Å². The first-order valence-electron chi connectivity index (χ1n) is 10.7. The van der Waals surface area contributed by atoms with E-state index in [-0.39, 0.29) is 17.8 Å². The predicted octanol–water partition coefficient (Wildman–Crippen LogP) is 6.03. The molecule has 33 heavy (non-hydrogen) atoms. The van der Waals surface area contributed by atoms with Crippen molar-refractivity contribution in [2.24, 2.45) is 0 Å². The zero-order valence-electron chi connectivity index (χ0n) is 18.2. The van der Waals surface area contributed by atoms with Gasteiger partial charge in [0, 0.05) is 28.3 Å². The second-order valence-corrected chi connectivity index (χ2v) is 8.95. The summed E-state index contributed by atoms with van der Waals surface area (Å²) in [4.78, 5) is 6.75. The van der Waals surface area contributed by atoms with Gasteiger partial charge in [-0.2, -0.15) is 0 Å². The molecule has 0 spiro atoms. The van der Waals surface area contributed by atoms with Gasteiger partial charge in [0.05, 0.1) is 23.5 Å². The lowest BCUT2D eigenvalue weighted by Crippen LogP contribution is -2.29. The van der Waals surface area contributed by atoms with Crippen LogP contribution in [0.1, 0.15) is 34.7 Å². The van der Waals surface area contributed by atoms with Crippen LogP contribution >= 0.6 is 23.8 Å². The molecule has 1 aliphatic rings. The fourth-order valence-corrected chi connectivity index (χ4v) is 5.13. The van der Waals surface area contributed by atoms with Crippen molar-refractivity contribution in [1.29, 1.82) is 0 Å². The van der Waals surface area contributed by atoms with Crippen molar-refractivity contribution < 1.29 is 5.11 Å². The number of aromatic nitrogens is 2. The van der Waals surface area contributed by atoms with Crippen LogP contribution < -0.4 is 10.2 Å². The van der Waals surface area contributed by atoms with E-state index in [0.29, 0.717) is 10.1 Å². The maximum Gasteiger partial charge on any atom is 0.174 e. The molecule has 166 valence electrons. The number of para-hydroxylation sites is 2. The molecule has 2 unspecified atom stereocenters. The zero-order chi connectivity index (χ0) is 23.1. The van der Waals surface area contributed by atoms with E-state index in [1.165, 1.54) is 0 Å². The van der Waals surface area contributed by atoms with Gasteiger partial charge in [0.2, 0.25) is 0 Å². The Morgan fingerprint density at radius 2 is 1.73 bits per heavy atom. The quantitative estimate of drug-likeness (QED) is 0.354. The van der Waals surface area contributed by atoms with Crippen LogP contribution in [-0.4, -0.2) is 19.8 Å². The van der Waals surface area contributed by atoms with Gasteiger partial charge in [-0.1, -0.05) is 29.8 Å². The Morgan fingerprint density at radius 1 is 1.00 bits per heavy atom. The molecule has 0 radical (unpaired) electrons. The molecule has 5 nitrogen and oxygen atoms in total. The summed E-state index contributed by atoms with van der Waals surface area (Å²) in [7, 11) is 0. The topological polar surface area (TPSA) is 53.3 Å². The first kappa shape index (κ1) is 21.5. The Hall–Kier alpha value is -3.35. The zero-order valence-corrected chi connectivity index (χ0v) is 19.8. The standard InChI is InChI=1S/C26H23ClN4OS/c1-16-15-20(17(2)30(16)22-8-3-4-9-23(22)32)25-24(21-7-5-6-14-28-21)29-26(33)31(25)19-12-10-18(27)11-13-19/h3-15,24-25,32H,1-2H3,(H,29,33). The summed E-state index contributed by atoms with van der Waals surface area (Å²) in [5.74, 6) is 0.238. The van der Waals surface area contributed by atoms with E-state index in [1.54, 1.807) is 12.3 Å². The van der Waals surface area contributed by atoms with E-state index in [9.17, 15) is 5.11 Å². The monoisotopic (exact) mass is 474 g/mol. The number of hydrogen-bond acceptors (Lipinski definition) is 3. The SMILES string of the molecule is Cc1cc(C2C(c3ccccn3)NC(=S)N2c2ccc(Cl)cc2)c(C)n1-c1ccccc1O. The third kappa shape index (κ3) is 3.75. The average Bonchev–Trinajstić information content (AvgIpc) is 3.31. The minimum absolute atomic E-state index is 0.139. The predicted molar refractivity (Wildman–Crippen MR) is 136 cm³/mol. The highest BCUT2D eigenvalue weighted by atomic mass is 35.5. The van der Waals surface area contributed by atoms with Crippen LogP contribution in [-0.2, 0) is 0 Å². The van der Waals surface area contributed by atoms with E-state index in [2.05, 4.69) is 32.8 Å². The van der Waals surface area contributed by atoms with Gasteiger partial charge in [0.15, 0.2) is 5.11 Å². The molecule has 3 heterocycles. The molecule has 1 fully saturated rings. The van der Waals surface area contributed by atoms with Crippen LogP contribution in [0.3, 0.4) is 0 Å². The van der Waals surface area contributed by atoms with Crippen LogP contribution in [0, 0.1) is 13.8 Å². The third-order valence-corrected chi connectivity index (χ3v) is 6.68. The Balaban J connectivity index is 1.69. The minimum atomic E-state index is -0.146. The fraction of sp³-hybridized carbons (Fsp3) is 0.154. The number of nitrogens with one attached hydrogen (secondary N) is 1. The van der Waals surface area contributed by atoms with Gasteiger partial charge in [-0.05, 0) is 86.2 Å². The molecule has 4 aromatic rings. The Morgan fingerprint density at radius 3 is 2.42 bits per heavy atom. The second kappa shape index (κ2) is 8.54. The Bertz CT molecular complexity index is 1320. The number of hydrogen-bond donors (Lipinski definition) is 2. The van der Waals surface area contributed by atoms with Crippen molar-refractivity contribution in [2.45, 2.75) is 25.9 Å². The molecule has 0 saturated carbocycles. The largest absolute Gasteiger partial charge is 0.506 e. The molecule has 1 aliphatic heterocycles. The Labute approximate surface area is 203 Å². The number of benzene rings is 2. The average molecular weight is 475 g/mol. The molecule has 1 saturated heterocycles. The number of aromatic hydroxyl groups is 1. The number of nitrogens with zero attached hydrogens (tertiary/aromatic N) is 3. The summed E-state index contributed by atoms with van der Waals surface area (Å²) >= 11 is 12.0. The maximum atomic E-state index is 10.5. The van der Waals surface area contributed by atoms with E-state index < -0.39 is 0 Å². The van der Waals surface area contributed by atoms with Gasteiger partial charge >= 0.3 is 0 Å². The lowest BCUT2D eigenvalue weighted by atomic mass is 9.96. The molecule has 0 aliphatic carbocycles. The van der Waals surface area contributed by atoms with Gasteiger partial charge < -0.3 is 19.9 Å². The minimum Gasteiger partial charge on any atom is -0.506 e. The van der Waals surface area contributed by atoms with Crippen LogP contribution in [0.4, 0.5) is 5.69 Å². The fourth-order valence-electron chi connectivity index (χ4n) is 4.66. The lowest BCUT2D eigenvalue weighted by Gasteiger charge is -2.28. The molecule has 2 aromatic carbocycles. The smallest absolute Gasteiger partial charge is 0.174 e. The number of phenolic OH excluding ortho intramolecular Hbond substituents is 1. The molecule has 2 aromatic heterocycles. The molecule has 2 atom stereocenters. The lowest BCUT2D eigenvalue weighted by molar-refractivity contribution is 0.471. The van der Waals surface area contributed by atoms with Gasteiger partial charge in [-0.15, -0.1) is 0 Å². The first-order chi connectivity index (χ1) is 16.0. The number of rotatable bonds is 4. The number of halogens is 1. The van der Waals surface area contributed by atoms with Crippen molar-refractivity contribution in [3.8, 4) is 11.4 Å². The number of phenols is 1. The highest BCUT2D eigenvalue weighted by Crippen LogP contribution is 2.44. The summed E-state index contributed by atoms with van der Waals surface area (Å²) in [6.45, 7) is 4.12. The van der Waals surface area contributed by atoms with E-state index in [4.69, 9.17) is 23.8 Å². The molecule has 5 rings (SSSR count). The summed E-state index contributed by atoms with van der Waals surface area (Å²) in [6.07, 6.45) is 1.80. The molecule has 2 N–H and O–H groups in total. The Kier molecular flexibility index (Phi) is 5.56.